The monoisotopic (exact) mass is 290 g/mol. The lowest BCUT2D eigenvalue weighted by Crippen LogP contribution is -2.25. The quantitative estimate of drug-likeness (QED) is 0.788. The molecule has 0 aromatic heterocycles. The Labute approximate surface area is 100.0 Å². The predicted molar refractivity (Wildman–Crippen MR) is 60.1 cm³/mol. The first kappa shape index (κ1) is 11.4. The van der Waals surface area contributed by atoms with Crippen LogP contribution in [-0.4, -0.2) is 11.6 Å². The van der Waals surface area contributed by atoms with E-state index >= 15 is 0 Å². The first-order valence-corrected chi connectivity index (χ1v) is 5.85. The smallest absolute Gasteiger partial charge is 0.395 e. The predicted octanol–water partition coefficient (Wildman–Crippen LogP) is 3.81. The van der Waals surface area contributed by atoms with Crippen molar-refractivity contribution in [2.45, 2.75) is 12.7 Å². The molecule has 16 heavy (non-hydrogen) atoms. The Bertz CT molecular complexity index is 418. The fourth-order valence-electron chi connectivity index (χ4n) is 1.35. The fraction of sp³-hybridized carbons (Fsp3) is 0.273. The fourth-order valence-corrected chi connectivity index (χ4v) is 1.62. The third-order valence-corrected chi connectivity index (χ3v) is 2.47. The molecule has 1 aliphatic rings. The maximum Gasteiger partial charge on any atom is 0.586 e. The number of benzene rings is 1. The summed E-state index contributed by atoms with van der Waals surface area (Å²) in [6, 6.07) is 4.71. The number of allylic oxidation sites excluding steroid dienone is 1. The van der Waals surface area contributed by atoms with Crippen molar-refractivity contribution in [1.82, 2.24) is 0 Å². The van der Waals surface area contributed by atoms with Gasteiger partial charge in [-0.1, -0.05) is 34.1 Å². The zero-order valence-corrected chi connectivity index (χ0v) is 9.84. The highest BCUT2D eigenvalue weighted by Crippen LogP contribution is 2.41. The van der Waals surface area contributed by atoms with Crippen LogP contribution in [0.4, 0.5) is 8.78 Å². The molecule has 2 nitrogen and oxygen atoms in total. The molecule has 0 unspecified atom stereocenters. The van der Waals surface area contributed by atoms with Gasteiger partial charge in [-0.2, -0.15) is 0 Å². The number of hydrogen-bond acceptors (Lipinski definition) is 2. The number of hydrogen-bond donors (Lipinski definition) is 0. The summed E-state index contributed by atoms with van der Waals surface area (Å²) < 4.78 is 34.0. The van der Waals surface area contributed by atoms with Gasteiger partial charge in [0.05, 0.1) is 0 Å². The molecule has 2 rings (SSSR count). The van der Waals surface area contributed by atoms with Gasteiger partial charge in [0.1, 0.15) is 0 Å². The summed E-state index contributed by atoms with van der Waals surface area (Å²) >= 11 is 3.29. The molecule has 0 spiro atoms. The van der Waals surface area contributed by atoms with Crippen LogP contribution in [0.25, 0.3) is 6.08 Å². The molecule has 1 aromatic rings. The van der Waals surface area contributed by atoms with E-state index in [0.29, 0.717) is 0 Å². The van der Waals surface area contributed by atoms with Gasteiger partial charge in [0.25, 0.3) is 0 Å². The number of fused-ring (bicyclic) bond motifs is 1. The average Bonchev–Trinajstić information content (AvgIpc) is 2.51. The number of ether oxygens (including phenoxy) is 2. The Morgan fingerprint density at radius 1 is 1.25 bits per heavy atom. The van der Waals surface area contributed by atoms with Gasteiger partial charge < -0.3 is 9.47 Å². The van der Waals surface area contributed by atoms with E-state index in [1.165, 1.54) is 12.1 Å². The molecule has 1 aromatic carbocycles. The topological polar surface area (TPSA) is 18.5 Å². The summed E-state index contributed by atoms with van der Waals surface area (Å²) in [6.45, 7) is 0. The van der Waals surface area contributed by atoms with Gasteiger partial charge in [-0.05, 0) is 24.1 Å². The van der Waals surface area contributed by atoms with Crippen molar-refractivity contribution in [2.75, 3.05) is 5.33 Å². The molecule has 0 atom stereocenters. The highest BCUT2D eigenvalue weighted by molar-refractivity contribution is 9.09. The van der Waals surface area contributed by atoms with E-state index < -0.39 is 6.29 Å². The molecular weight excluding hydrogens is 282 g/mol. The van der Waals surface area contributed by atoms with Crippen molar-refractivity contribution >= 4 is 22.0 Å². The Morgan fingerprint density at radius 2 is 2.00 bits per heavy atom. The third kappa shape index (κ3) is 2.52. The Morgan fingerprint density at radius 3 is 2.75 bits per heavy atom. The molecule has 1 heterocycles. The summed E-state index contributed by atoms with van der Waals surface area (Å²) in [6.07, 6.45) is 1.14. The number of alkyl halides is 3. The largest absolute Gasteiger partial charge is 0.586 e. The van der Waals surface area contributed by atoms with Gasteiger partial charge in [0.15, 0.2) is 11.5 Å². The first-order valence-electron chi connectivity index (χ1n) is 4.73. The zero-order valence-electron chi connectivity index (χ0n) is 8.25. The summed E-state index contributed by atoms with van der Waals surface area (Å²) in [5.74, 6) is 0.147. The van der Waals surface area contributed by atoms with Crippen molar-refractivity contribution < 1.29 is 18.3 Å². The van der Waals surface area contributed by atoms with Crippen molar-refractivity contribution in [3.05, 3.63) is 29.8 Å². The molecule has 0 bridgehead atoms. The molecule has 86 valence electrons. The van der Waals surface area contributed by atoms with Crippen LogP contribution in [0.3, 0.4) is 0 Å². The van der Waals surface area contributed by atoms with E-state index in [9.17, 15) is 8.78 Å². The zero-order chi connectivity index (χ0) is 11.6. The van der Waals surface area contributed by atoms with Gasteiger partial charge in [-0.25, -0.2) is 0 Å². The van der Waals surface area contributed by atoms with Crippen LogP contribution >= 0.6 is 15.9 Å². The van der Waals surface area contributed by atoms with Crippen LogP contribution in [0.2, 0.25) is 0 Å². The second kappa shape index (κ2) is 4.41. The summed E-state index contributed by atoms with van der Waals surface area (Å²) in [5.41, 5.74) is 0.806. The number of halogens is 3. The summed E-state index contributed by atoms with van der Waals surface area (Å²) in [5, 5.41) is 0.867. The van der Waals surface area contributed by atoms with Gasteiger partial charge in [-0.3, -0.25) is 0 Å². The molecular formula is C11H9BrF2O2. The van der Waals surface area contributed by atoms with Crippen molar-refractivity contribution in [1.29, 1.82) is 0 Å². The molecule has 5 heteroatoms. The van der Waals surface area contributed by atoms with Gasteiger partial charge >= 0.3 is 6.29 Å². The molecule has 0 saturated heterocycles. The van der Waals surface area contributed by atoms with E-state index in [0.717, 1.165) is 17.3 Å². The Balaban J connectivity index is 2.16. The standard InChI is InChI=1S/C11H9BrF2O2/c12-6-2-1-3-8-4-5-9-10(7-8)16-11(13,14)15-9/h1,3-5,7H,2,6H2. The Hall–Kier alpha value is -1.10. The van der Waals surface area contributed by atoms with Crippen LogP contribution in [0.5, 0.6) is 11.5 Å². The molecule has 0 amide bonds. The van der Waals surface area contributed by atoms with Crippen molar-refractivity contribution in [2.24, 2.45) is 0 Å². The summed E-state index contributed by atoms with van der Waals surface area (Å²) in [7, 11) is 0. The lowest BCUT2D eigenvalue weighted by molar-refractivity contribution is -0.286. The minimum atomic E-state index is -3.54. The number of rotatable bonds is 3. The van der Waals surface area contributed by atoms with E-state index in [1.807, 2.05) is 12.2 Å². The summed E-state index contributed by atoms with van der Waals surface area (Å²) in [4.78, 5) is 0. The van der Waals surface area contributed by atoms with E-state index in [2.05, 4.69) is 25.4 Å². The second-order valence-electron chi connectivity index (χ2n) is 3.25. The van der Waals surface area contributed by atoms with Crippen LogP contribution in [-0.2, 0) is 0 Å². The van der Waals surface area contributed by atoms with Gasteiger partial charge in [-0.15, -0.1) is 8.78 Å². The van der Waals surface area contributed by atoms with E-state index in [4.69, 9.17) is 0 Å². The normalized spacial score (nSPS) is 16.9. The minimum absolute atomic E-state index is 0.0719. The lowest BCUT2D eigenvalue weighted by Gasteiger charge is -2.04. The average molecular weight is 291 g/mol. The van der Waals surface area contributed by atoms with Crippen LogP contribution in [0.15, 0.2) is 24.3 Å². The molecule has 0 aliphatic carbocycles. The first-order chi connectivity index (χ1) is 7.61. The molecule has 0 fully saturated rings. The molecule has 1 aliphatic heterocycles. The second-order valence-corrected chi connectivity index (χ2v) is 4.05. The van der Waals surface area contributed by atoms with Crippen LogP contribution < -0.4 is 9.47 Å². The third-order valence-electron chi connectivity index (χ3n) is 2.01. The van der Waals surface area contributed by atoms with Gasteiger partial charge in [0.2, 0.25) is 0 Å². The molecule has 0 N–H and O–H groups in total. The van der Waals surface area contributed by atoms with Gasteiger partial charge in [0, 0.05) is 5.33 Å². The maximum atomic E-state index is 12.7. The molecule has 0 radical (unpaired) electrons. The minimum Gasteiger partial charge on any atom is -0.395 e. The highest BCUT2D eigenvalue weighted by Gasteiger charge is 2.43. The van der Waals surface area contributed by atoms with E-state index in [-0.39, 0.29) is 11.5 Å². The van der Waals surface area contributed by atoms with Crippen LogP contribution in [0, 0.1) is 0 Å². The maximum absolute atomic E-state index is 12.7. The van der Waals surface area contributed by atoms with Crippen molar-refractivity contribution in [3.8, 4) is 11.5 Å². The van der Waals surface area contributed by atoms with Crippen LogP contribution in [0.1, 0.15) is 12.0 Å². The van der Waals surface area contributed by atoms with E-state index in [1.54, 1.807) is 6.07 Å². The highest BCUT2D eigenvalue weighted by atomic mass is 79.9. The Kier molecular flexibility index (Phi) is 3.14. The van der Waals surface area contributed by atoms with Crippen molar-refractivity contribution in [3.63, 3.8) is 0 Å². The lowest BCUT2D eigenvalue weighted by atomic mass is 10.2. The molecule has 0 saturated carbocycles. The SMILES string of the molecule is FC1(F)Oc2ccc(C=CCCBr)cc2O1.